The van der Waals surface area contributed by atoms with E-state index in [0.29, 0.717) is 23.0 Å². The Kier molecular flexibility index (Phi) is 5.44. The molecule has 0 atom stereocenters. The second-order valence-electron chi connectivity index (χ2n) is 5.10. The number of rotatable bonds is 5. The van der Waals surface area contributed by atoms with E-state index in [1.165, 1.54) is 13.3 Å². The number of aryl methyl sites for hydroxylation is 1. The number of hydrazone groups is 1. The van der Waals surface area contributed by atoms with Gasteiger partial charge in [0, 0.05) is 20.2 Å². The molecule has 0 saturated heterocycles. The van der Waals surface area contributed by atoms with Crippen molar-refractivity contribution >= 4 is 33.9 Å². The lowest BCUT2D eigenvalue weighted by atomic mass is 10.1. The molecule has 0 saturated carbocycles. The van der Waals surface area contributed by atoms with Gasteiger partial charge in [0.25, 0.3) is 5.91 Å². The molecule has 0 radical (unpaired) electrons. The van der Waals surface area contributed by atoms with Crippen LogP contribution >= 0.6 is 15.9 Å². The molecule has 0 fully saturated rings. The van der Waals surface area contributed by atoms with Crippen molar-refractivity contribution in [1.82, 2.24) is 5.43 Å². The van der Waals surface area contributed by atoms with Gasteiger partial charge in [-0.05, 0) is 40.5 Å². The quantitative estimate of drug-likeness (QED) is 0.639. The molecule has 0 spiro atoms. The average Bonchev–Trinajstić information content (AvgIpc) is 2.88. The minimum absolute atomic E-state index is 0.350. The van der Waals surface area contributed by atoms with Gasteiger partial charge in [-0.2, -0.15) is 5.10 Å². The van der Waals surface area contributed by atoms with Gasteiger partial charge in [0.05, 0.1) is 23.4 Å². The van der Waals surface area contributed by atoms with Crippen molar-refractivity contribution in [1.29, 1.82) is 0 Å². The van der Waals surface area contributed by atoms with Gasteiger partial charge in [0.1, 0.15) is 5.75 Å². The maximum Gasteiger partial charge on any atom is 0.275 e. The molecule has 6 nitrogen and oxygen atoms in total. The summed E-state index contributed by atoms with van der Waals surface area (Å²) in [6.45, 7) is 1.93. The molecular formula is C16H18BrN3O3. The summed E-state index contributed by atoms with van der Waals surface area (Å²) in [6.07, 6.45) is 1.44. The van der Waals surface area contributed by atoms with E-state index < -0.39 is 0 Å². The van der Waals surface area contributed by atoms with E-state index in [2.05, 4.69) is 26.5 Å². The number of benzene rings is 1. The first-order chi connectivity index (χ1) is 10.9. The molecular weight excluding hydrogens is 362 g/mol. The highest BCUT2D eigenvalue weighted by atomic mass is 79.9. The van der Waals surface area contributed by atoms with Crippen LogP contribution in [0.4, 0.5) is 5.88 Å². The molecule has 0 unspecified atom stereocenters. The van der Waals surface area contributed by atoms with Crippen molar-refractivity contribution in [2.75, 3.05) is 26.1 Å². The lowest BCUT2D eigenvalue weighted by Gasteiger charge is -2.08. The molecule has 0 aliphatic rings. The summed E-state index contributed by atoms with van der Waals surface area (Å²) in [5.74, 6) is 1.36. The summed E-state index contributed by atoms with van der Waals surface area (Å²) < 4.78 is 11.6. The third-order valence-corrected chi connectivity index (χ3v) is 3.62. The number of ether oxygens (including phenoxy) is 1. The zero-order chi connectivity index (χ0) is 17.0. The first kappa shape index (κ1) is 17.1. The van der Waals surface area contributed by atoms with Gasteiger partial charge in [0.2, 0.25) is 5.88 Å². The highest BCUT2D eigenvalue weighted by Crippen LogP contribution is 2.27. The van der Waals surface area contributed by atoms with Crippen molar-refractivity contribution in [2.45, 2.75) is 6.92 Å². The Morgan fingerprint density at radius 3 is 2.74 bits per heavy atom. The van der Waals surface area contributed by atoms with Gasteiger partial charge in [-0.3, -0.25) is 4.79 Å². The number of amides is 1. The molecule has 23 heavy (non-hydrogen) atoms. The van der Waals surface area contributed by atoms with Crippen LogP contribution in [0.2, 0.25) is 0 Å². The van der Waals surface area contributed by atoms with Crippen LogP contribution in [-0.4, -0.2) is 33.3 Å². The Morgan fingerprint density at radius 1 is 1.39 bits per heavy atom. The molecule has 1 N–H and O–H groups in total. The number of halogens is 1. The number of hydrogen-bond acceptors (Lipinski definition) is 5. The number of anilines is 1. The van der Waals surface area contributed by atoms with E-state index in [1.54, 1.807) is 18.2 Å². The van der Waals surface area contributed by atoms with Crippen LogP contribution in [0, 0.1) is 6.92 Å². The number of carbonyl (C=O) groups excluding carboxylic acids is 1. The maximum absolute atomic E-state index is 12.2. The first-order valence-electron chi connectivity index (χ1n) is 6.87. The van der Waals surface area contributed by atoms with Crippen molar-refractivity contribution in [2.24, 2.45) is 5.10 Å². The predicted octanol–water partition coefficient (Wildman–Crippen LogP) is 3.19. The number of nitrogens with zero attached hydrogens (tertiary/aromatic N) is 2. The molecule has 0 bridgehead atoms. The van der Waals surface area contributed by atoms with Gasteiger partial charge in [-0.25, -0.2) is 5.43 Å². The van der Waals surface area contributed by atoms with Crippen LogP contribution in [0.25, 0.3) is 0 Å². The molecule has 122 valence electrons. The summed E-state index contributed by atoms with van der Waals surface area (Å²) in [5, 5.41) is 3.92. The molecule has 7 heteroatoms. The van der Waals surface area contributed by atoms with E-state index in [-0.39, 0.29) is 5.91 Å². The fraction of sp³-hybridized carbons (Fsp3) is 0.250. The van der Waals surface area contributed by atoms with Crippen LogP contribution in [0.1, 0.15) is 21.7 Å². The Labute approximate surface area is 143 Å². The first-order valence-corrected chi connectivity index (χ1v) is 7.66. The summed E-state index contributed by atoms with van der Waals surface area (Å²) in [5.41, 5.74) is 3.89. The second-order valence-corrected chi connectivity index (χ2v) is 5.95. The molecule has 0 aliphatic carbocycles. The van der Waals surface area contributed by atoms with E-state index >= 15 is 0 Å². The number of methoxy groups -OCH3 is 1. The lowest BCUT2D eigenvalue weighted by Crippen LogP contribution is -2.18. The summed E-state index contributed by atoms with van der Waals surface area (Å²) in [7, 11) is 5.27. The van der Waals surface area contributed by atoms with Crippen molar-refractivity contribution in [3.63, 3.8) is 0 Å². The fourth-order valence-electron chi connectivity index (χ4n) is 1.95. The van der Waals surface area contributed by atoms with E-state index in [4.69, 9.17) is 9.15 Å². The van der Waals surface area contributed by atoms with Gasteiger partial charge in [0.15, 0.2) is 5.76 Å². The van der Waals surface area contributed by atoms with Crippen molar-refractivity contribution in [3.05, 3.63) is 45.6 Å². The monoisotopic (exact) mass is 379 g/mol. The Morgan fingerprint density at radius 2 is 2.13 bits per heavy atom. The van der Waals surface area contributed by atoms with Crippen LogP contribution in [0.3, 0.4) is 0 Å². The zero-order valence-electron chi connectivity index (χ0n) is 13.4. The SMILES string of the molecule is COc1cc(C)ccc1C(=O)N/N=C\c1cc(Br)c(N(C)C)o1. The van der Waals surface area contributed by atoms with Crippen LogP contribution in [0.15, 0.2) is 38.3 Å². The van der Waals surface area contributed by atoms with E-state index in [9.17, 15) is 4.79 Å². The summed E-state index contributed by atoms with van der Waals surface area (Å²) in [6, 6.07) is 7.11. The Balaban J connectivity index is 2.08. The molecule has 0 aliphatic heterocycles. The van der Waals surface area contributed by atoms with Crippen molar-refractivity contribution in [3.8, 4) is 5.75 Å². The van der Waals surface area contributed by atoms with Crippen LogP contribution < -0.4 is 15.1 Å². The van der Waals surface area contributed by atoms with Gasteiger partial charge in [-0.1, -0.05) is 6.07 Å². The number of furan rings is 1. The van der Waals surface area contributed by atoms with Gasteiger partial charge >= 0.3 is 0 Å². The third kappa shape index (κ3) is 4.13. The third-order valence-electron chi connectivity index (χ3n) is 3.05. The highest BCUT2D eigenvalue weighted by molar-refractivity contribution is 9.10. The molecule has 1 aromatic heterocycles. The van der Waals surface area contributed by atoms with Gasteiger partial charge in [-0.15, -0.1) is 0 Å². The lowest BCUT2D eigenvalue weighted by molar-refractivity contribution is 0.0952. The maximum atomic E-state index is 12.2. The second kappa shape index (κ2) is 7.32. The molecule has 1 amide bonds. The Hall–Kier alpha value is -2.28. The number of hydrogen-bond donors (Lipinski definition) is 1. The highest BCUT2D eigenvalue weighted by Gasteiger charge is 2.12. The number of nitrogens with one attached hydrogen (secondary N) is 1. The fourth-order valence-corrected chi connectivity index (χ4v) is 2.61. The normalized spacial score (nSPS) is 10.8. The largest absolute Gasteiger partial charge is 0.496 e. The molecule has 2 aromatic rings. The smallest absolute Gasteiger partial charge is 0.275 e. The van der Waals surface area contributed by atoms with Crippen molar-refractivity contribution < 1.29 is 13.9 Å². The minimum atomic E-state index is -0.350. The summed E-state index contributed by atoms with van der Waals surface area (Å²) in [4.78, 5) is 14.0. The zero-order valence-corrected chi connectivity index (χ0v) is 15.0. The number of carbonyl (C=O) groups is 1. The minimum Gasteiger partial charge on any atom is -0.496 e. The standard InChI is InChI=1S/C16H18BrN3O3/c1-10-5-6-12(14(7-10)22-4)15(21)19-18-9-11-8-13(17)16(23-11)20(2)3/h5-9H,1-4H3,(H,19,21)/b18-9-. The molecule has 1 heterocycles. The molecule has 2 rings (SSSR count). The molecule has 1 aromatic carbocycles. The van der Waals surface area contributed by atoms with Crippen LogP contribution in [0.5, 0.6) is 5.75 Å². The van der Waals surface area contributed by atoms with E-state index in [1.807, 2.05) is 32.0 Å². The average molecular weight is 380 g/mol. The summed E-state index contributed by atoms with van der Waals surface area (Å²) >= 11 is 3.40. The van der Waals surface area contributed by atoms with Gasteiger partial charge < -0.3 is 14.1 Å². The predicted molar refractivity (Wildman–Crippen MR) is 93.5 cm³/mol. The topological polar surface area (TPSA) is 67.1 Å². The van der Waals surface area contributed by atoms with E-state index in [0.717, 1.165) is 10.0 Å². The Bertz CT molecular complexity index is 738. The van der Waals surface area contributed by atoms with Crippen LogP contribution in [-0.2, 0) is 0 Å².